The topological polar surface area (TPSA) is 44.8 Å². The molecule has 0 bridgehead atoms. The summed E-state index contributed by atoms with van der Waals surface area (Å²) in [6, 6.07) is 0. The highest BCUT2D eigenvalue weighted by Crippen LogP contribution is 2.12. The van der Waals surface area contributed by atoms with Crippen molar-refractivity contribution in [1.29, 1.82) is 0 Å². The zero-order chi connectivity index (χ0) is 12.8. The molecule has 0 aromatic rings. The minimum absolute atomic E-state index is 0.287. The fraction of sp³-hybridized carbons (Fsp3) is 0.923. The minimum atomic E-state index is 0.287. The van der Waals surface area contributed by atoms with E-state index in [9.17, 15) is 4.79 Å². The molecule has 2 aliphatic rings. The molecule has 0 aliphatic carbocycles. The number of amides is 1. The molecule has 2 aliphatic heterocycles. The van der Waals surface area contributed by atoms with E-state index >= 15 is 0 Å². The van der Waals surface area contributed by atoms with E-state index in [0.717, 1.165) is 58.5 Å². The van der Waals surface area contributed by atoms with E-state index in [1.54, 1.807) is 7.11 Å². The van der Waals surface area contributed by atoms with Crippen molar-refractivity contribution in [3.63, 3.8) is 0 Å². The summed E-state index contributed by atoms with van der Waals surface area (Å²) in [6.07, 6.45) is 3.55. The van der Waals surface area contributed by atoms with Crippen molar-refractivity contribution < 1.29 is 9.53 Å². The molecule has 2 fully saturated rings. The number of piperidine rings is 1. The van der Waals surface area contributed by atoms with Crippen LogP contribution in [0, 0.1) is 0 Å². The fourth-order valence-electron chi connectivity index (χ4n) is 2.69. The lowest BCUT2D eigenvalue weighted by Gasteiger charge is -2.32. The Labute approximate surface area is 109 Å². The summed E-state index contributed by atoms with van der Waals surface area (Å²) in [5.74, 6) is 0.287. The first-order valence-corrected chi connectivity index (χ1v) is 7.03. The SMILES string of the molecule is COC1CCN(CC(=O)N2CCCNCC2)CC1. The number of nitrogens with zero attached hydrogens (tertiary/aromatic N) is 2. The van der Waals surface area contributed by atoms with Gasteiger partial charge in [0, 0.05) is 39.8 Å². The molecule has 0 unspecified atom stereocenters. The molecule has 0 atom stereocenters. The Morgan fingerprint density at radius 1 is 1.22 bits per heavy atom. The van der Waals surface area contributed by atoms with Crippen LogP contribution in [0.2, 0.25) is 0 Å². The van der Waals surface area contributed by atoms with Gasteiger partial charge in [-0.15, -0.1) is 0 Å². The summed E-state index contributed by atoms with van der Waals surface area (Å²) in [4.78, 5) is 16.5. The molecule has 1 N–H and O–H groups in total. The number of carbonyl (C=O) groups is 1. The maximum Gasteiger partial charge on any atom is 0.236 e. The minimum Gasteiger partial charge on any atom is -0.381 e. The molecule has 2 heterocycles. The van der Waals surface area contributed by atoms with Crippen molar-refractivity contribution in [3.8, 4) is 0 Å². The number of hydrogen-bond donors (Lipinski definition) is 1. The summed E-state index contributed by atoms with van der Waals surface area (Å²) in [7, 11) is 1.77. The van der Waals surface area contributed by atoms with Crippen LogP contribution >= 0.6 is 0 Å². The molecule has 1 amide bonds. The molecular weight excluding hydrogens is 230 g/mol. The molecule has 0 saturated carbocycles. The summed E-state index contributed by atoms with van der Waals surface area (Å²) in [5, 5.41) is 3.33. The van der Waals surface area contributed by atoms with Gasteiger partial charge in [0.15, 0.2) is 0 Å². The van der Waals surface area contributed by atoms with Gasteiger partial charge in [-0.05, 0) is 25.8 Å². The molecule has 0 spiro atoms. The van der Waals surface area contributed by atoms with Gasteiger partial charge >= 0.3 is 0 Å². The lowest BCUT2D eigenvalue weighted by Crippen LogP contribution is -2.45. The van der Waals surface area contributed by atoms with Crippen molar-refractivity contribution >= 4 is 5.91 Å². The first-order chi connectivity index (χ1) is 8.79. The number of rotatable bonds is 3. The van der Waals surface area contributed by atoms with E-state index in [4.69, 9.17) is 4.74 Å². The highest BCUT2D eigenvalue weighted by Gasteiger charge is 2.23. The maximum absolute atomic E-state index is 12.2. The molecule has 5 heteroatoms. The monoisotopic (exact) mass is 255 g/mol. The van der Waals surface area contributed by atoms with Gasteiger partial charge in [-0.25, -0.2) is 0 Å². The van der Waals surface area contributed by atoms with Crippen molar-refractivity contribution in [2.75, 3.05) is 52.9 Å². The van der Waals surface area contributed by atoms with Gasteiger partial charge in [-0.2, -0.15) is 0 Å². The van der Waals surface area contributed by atoms with Gasteiger partial charge in [0.2, 0.25) is 5.91 Å². The third kappa shape index (κ3) is 3.93. The van der Waals surface area contributed by atoms with Crippen molar-refractivity contribution in [2.24, 2.45) is 0 Å². The molecule has 0 radical (unpaired) electrons. The van der Waals surface area contributed by atoms with E-state index in [-0.39, 0.29) is 5.91 Å². The van der Waals surface area contributed by atoms with Crippen LogP contribution < -0.4 is 5.32 Å². The van der Waals surface area contributed by atoms with Crippen molar-refractivity contribution in [3.05, 3.63) is 0 Å². The summed E-state index contributed by atoms with van der Waals surface area (Å²) >= 11 is 0. The second-order valence-corrected chi connectivity index (χ2v) is 5.20. The van der Waals surface area contributed by atoms with E-state index in [0.29, 0.717) is 12.6 Å². The predicted molar refractivity (Wildman–Crippen MR) is 70.5 cm³/mol. The fourth-order valence-corrected chi connectivity index (χ4v) is 2.69. The van der Waals surface area contributed by atoms with Crippen LogP contribution in [0.15, 0.2) is 0 Å². The second kappa shape index (κ2) is 7.07. The summed E-state index contributed by atoms with van der Waals surface area (Å²) in [5.41, 5.74) is 0. The number of likely N-dealkylation sites (tertiary alicyclic amines) is 1. The van der Waals surface area contributed by atoms with E-state index < -0.39 is 0 Å². The molecule has 0 aromatic carbocycles. The third-order valence-corrected chi connectivity index (χ3v) is 3.92. The molecule has 104 valence electrons. The first kappa shape index (κ1) is 13.8. The van der Waals surface area contributed by atoms with Gasteiger partial charge in [-0.3, -0.25) is 9.69 Å². The van der Waals surface area contributed by atoms with Crippen LogP contribution in [-0.2, 0) is 9.53 Å². The van der Waals surface area contributed by atoms with Gasteiger partial charge in [-0.1, -0.05) is 0 Å². The van der Waals surface area contributed by atoms with Crippen LogP contribution in [0.5, 0.6) is 0 Å². The Morgan fingerprint density at radius 3 is 2.72 bits per heavy atom. The largest absolute Gasteiger partial charge is 0.381 e. The molecule has 2 saturated heterocycles. The van der Waals surface area contributed by atoms with E-state index in [1.165, 1.54) is 0 Å². The average molecular weight is 255 g/mol. The van der Waals surface area contributed by atoms with Crippen LogP contribution in [0.3, 0.4) is 0 Å². The standard InChI is InChI=1S/C13H25N3O2/c1-18-12-3-8-15(9-4-12)11-13(17)16-7-2-5-14-6-10-16/h12,14H,2-11H2,1H3. The number of hydrogen-bond acceptors (Lipinski definition) is 4. The Hall–Kier alpha value is -0.650. The number of nitrogens with one attached hydrogen (secondary N) is 1. The van der Waals surface area contributed by atoms with Crippen LogP contribution in [0.1, 0.15) is 19.3 Å². The second-order valence-electron chi connectivity index (χ2n) is 5.20. The molecule has 5 nitrogen and oxygen atoms in total. The molecule has 0 aromatic heterocycles. The zero-order valence-electron chi connectivity index (χ0n) is 11.4. The van der Waals surface area contributed by atoms with Crippen LogP contribution in [0.25, 0.3) is 0 Å². The Kier molecular flexibility index (Phi) is 5.41. The molecule has 2 rings (SSSR count). The van der Waals surface area contributed by atoms with Crippen molar-refractivity contribution in [2.45, 2.75) is 25.4 Å². The van der Waals surface area contributed by atoms with Gasteiger partial charge in [0.1, 0.15) is 0 Å². The average Bonchev–Trinajstić information content (AvgIpc) is 2.68. The lowest BCUT2D eigenvalue weighted by atomic mass is 10.1. The van der Waals surface area contributed by atoms with Crippen LogP contribution in [0.4, 0.5) is 0 Å². The summed E-state index contributed by atoms with van der Waals surface area (Å²) < 4.78 is 5.35. The maximum atomic E-state index is 12.2. The quantitative estimate of drug-likeness (QED) is 0.766. The Bertz CT molecular complexity index is 257. The predicted octanol–water partition coefficient (Wildman–Crippen LogP) is -0.0809. The van der Waals surface area contributed by atoms with Gasteiger partial charge in [0.25, 0.3) is 0 Å². The van der Waals surface area contributed by atoms with Crippen molar-refractivity contribution in [1.82, 2.24) is 15.1 Å². The third-order valence-electron chi connectivity index (χ3n) is 3.92. The van der Waals surface area contributed by atoms with Gasteiger partial charge < -0.3 is 15.0 Å². The first-order valence-electron chi connectivity index (χ1n) is 7.03. The Morgan fingerprint density at radius 2 is 2.00 bits per heavy atom. The molecular formula is C13H25N3O2. The summed E-state index contributed by atoms with van der Waals surface area (Å²) in [6.45, 7) is 6.26. The van der Waals surface area contributed by atoms with E-state index in [2.05, 4.69) is 10.2 Å². The number of ether oxygens (including phenoxy) is 1. The number of carbonyl (C=O) groups excluding carboxylic acids is 1. The van der Waals surface area contributed by atoms with Gasteiger partial charge in [0.05, 0.1) is 12.6 Å². The highest BCUT2D eigenvalue weighted by molar-refractivity contribution is 5.78. The normalized spacial score (nSPS) is 23.9. The molecule has 18 heavy (non-hydrogen) atoms. The van der Waals surface area contributed by atoms with E-state index in [1.807, 2.05) is 4.90 Å². The lowest BCUT2D eigenvalue weighted by molar-refractivity contribution is -0.132. The Balaban J connectivity index is 1.73. The van der Waals surface area contributed by atoms with Crippen LogP contribution in [-0.4, -0.2) is 74.7 Å². The number of methoxy groups -OCH3 is 1. The smallest absolute Gasteiger partial charge is 0.236 e. The zero-order valence-corrected chi connectivity index (χ0v) is 11.4. The highest BCUT2D eigenvalue weighted by atomic mass is 16.5.